The SMILES string of the molecule is C/C(=C\CO[Si](C)(C)C(C)(C)C)c1ccc(Br)cc1. The maximum Gasteiger partial charge on any atom is 0.192 e. The van der Waals surface area contributed by atoms with Crippen LogP contribution in [0.1, 0.15) is 33.3 Å². The molecule has 1 aromatic rings. The summed E-state index contributed by atoms with van der Waals surface area (Å²) in [6.45, 7) is 14.2. The van der Waals surface area contributed by atoms with Crippen molar-refractivity contribution in [2.24, 2.45) is 0 Å². The highest BCUT2D eigenvalue weighted by molar-refractivity contribution is 9.10. The fourth-order valence-electron chi connectivity index (χ4n) is 1.42. The molecular formula is C16H25BrOSi. The van der Waals surface area contributed by atoms with Gasteiger partial charge in [0.15, 0.2) is 8.32 Å². The van der Waals surface area contributed by atoms with E-state index in [4.69, 9.17) is 4.43 Å². The molecule has 1 nitrogen and oxygen atoms in total. The van der Waals surface area contributed by atoms with E-state index in [-0.39, 0.29) is 5.04 Å². The Labute approximate surface area is 127 Å². The predicted molar refractivity (Wildman–Crippen MR) is 90.9 cm³/mol. The molecule has 19 heavy (non-hydrogen) atoms. The van der Waals surface area contributed by atoms with Crippen LogP contribution < -0.4 is 0 Å². The Bertz CT molecular complexity index is 441. The molecule has 0 unspecified atom stereocenters. The molecule has 0 amide bonds. The van der Waals surface area contributed by atoms with Crippen molar-refractivity contribution < 1.29 is 4.43 Å². The van der Waals surface area contributed by atoms with Gasteiger partial charge in [-0.05, 0) is 48.3 Å². The van der Waals surface area contributed by atoms with Crippen LogP contribution in [0.4, 0.5) is 0 Å². The molecule has 0 heterocycles. The van der Waals surface area contributed by atoms with Crippen LogP contribution in [0.5, 0.6) is 0 Å². The maximum atomic E-state index is 6.16. The molecule has 0 fully saturated rings. The van der Waals surface area contributed by atoms with Crippen molar-refractivity contribution >= 4 is 29.8 Å². The fourth-order valence-corrected chi connectivity index (χ4v) is 2.62. The smallest absolute Gasteiger partial charge is 0.192 e. The van der Waals surface area contributed by atoms with Gasteiger partial charge in [-0.3, -0.25) is 0 Å². The molecule has 106 valence electrons. The van der Waals surface area contributed by atoms with E-state index in [0.29, 0.717) is 6.61 Å². The van der Waals surface area contributed by atoms with Gasteiger partial charge in [-0.2, -0.15) is 0 Å². The molecule has 0 atom stereocenters. The van der Waals surface area contributed by atoms with Crippen LogP contribution >= 0.6 is 15.9 Å². The van der Waals surface area contributed by atoms with Crippen molar-refractivity contribution in [3.05, 3.63) is 40.4 Å². The number of benzene rings is 1. The number of halogens is 1. The van der Waals surface area contributed by atoms with E-state index >= 15 is 0 Å². The molecule has 0 spiro atoms. The topological polar surface area (TPSA) is 9.23 Å². The third-order valence-electron chi connectivity index (χ3n) is 3.94. The number of hydrogen-bond acceptors (Lipinski definition) is 1. The van der Waals surface area contributed by atoms with Gasteiger partial charge in [-0.25, -0.2) is 0 Å². The van der Waals surface area contributed by atoms with Gasteiger partial charge >= 0.3 is 0 Å². The van der Waals surface area contributed by atoms with Crippen LogP contribution in [0.25, 0.3) is 5.57 Å². The highest BCUT2D eigenvalue weighted by atomic mass is 79.9. The number of rotatable bonds is 4. The average molecular weight is 341 g/mol. The summed E-state index contributed by atoms with van der Waals surface area (Å²) in [4.78, 5) is 0. The average Bonchev–Trinajstić information content (AvgIpc) is 2.28. The number of allylic oxidation sites excluding steroid dienone is 1. The van der Waals surface area contributed by atoms with Gasteiger partial charge < -0.3 is 4.43 Å². The minimum Gasteiger partial charge on any atom is -0.413 e. The van der Waals surface area contributed by atoms with E-state index in [1.165, 1.54) is 11.1 Å². The molecule has 1 rings (SSSR count). The molecular weight excluding hydrogens is 316 g/mol. The van der Waals surface area contributed by atoms with Gasteiger partial charge in [0.2, 0.25) is 0 Å². The zero-order valence-corrected chi connectivity index (χ0v) is 15.5. The summed E-state index contributed by atoms with van der Waals surface area (Å²) in [5, 5.41) is 0.270. The van der Waals surface area contributed by atoms with E-state index in [0.717, 1.165) is 4.47 Å². The third-order valence-corrected chi connectivity index (χ3v) is 8.97. The van der Waals surface area contributed by atoms with Gasteiger partial charge in [0.05, 0.1) is 6.61 Å². The molecule has 0 saturated heterocycles. The monoisotopic (exact) mass is 340 g/mol. The zero-order valence-electron chi connectivity index (χ0n) is 12.9. The summed E-state index contributed by atoms with van der Waals surface area (Å²) in [5.74, 6) is 0. The Hall–Kier alpha value is -0.383. The molecule has 0 saturated carbocycles. The summed E-state index contributed by atoms with van der Waals surface area (Å²) in [6, 6.07) is 8.40. The lowest BCUT2D eigenvalue weighted by Gasteiger charge is -2.35. The van der Waals surface area contributed by atoms with E-state index in [1.54, 1.807) is 0 Å². The fraction of sp³-hybridized carbons (Fsp3) is 0.500. The van der Waals surface area contributed by atoms with E-state index in [2.05, 4.69) is 87.1 Å². The Morgan fingerprint density at radius 2 is 1.74 bits per heavy atom. The van der Waals surface area contributed by atoms with Crippen LogP contribution in [0.3, 0.4) is 0 Å². The normalized spacial score (nSPS) is 13.7. The quantitative estimate of drug-likeness (QED) is 0.622. The predicted octanol–water partition coefficient (Wildman–Crippen LogP) is 5.87. The van der Waals surface area contributed by atoms with Gasteiger partial charge in [-0.1, -0.05) is 54.9 Å². The van der Waals surface area contributed by atoms with Gasteiger partial charge in [-0.15, -0.1) is 0 Å². The molecule has 0 aromatic heterocycles. The zero-order chi connectivity index (χ0) is 14.7. The lowest BCUT2D eigenvalue weighted by Crippen LogP contribution is -2.40. The largest absolute Gasteiger partial charge is 0.413 e. The number of hydrogen-bond donors (Lipinski definition) is 0. The van der Waals surface area contributed by atoms with Crippen LogP contribution in [-0.2, 0) is 4.43 Å². The summed E-state index contributed by atoms with van der Waals surface area (Å²) in [6.07, 6.45) is 2.18. The third kappa shape index (κ3) is 4.90. The van der Waals surface area contributed by atoms with Crippen molar-refractivity contribution in [3.63, 3.8) is 0 Å². The maximum absolute atomic E-state index is 6.16. The van der Waals surface area contributed by atoms with Crippen molar-refractivity contribution in [1.82, 2.24) is 0 Å². The van der Waals surface area contributed by atoms with E-state index < -0.39 is 8.32 Å². The molecule has 0 aliphatic heterocycles. The van der Waals surface area contributed by atoms with Gasteiger partial charge in [0, 0.05) is 4.47 Å². The Kier molecular flexibility index (Phi) is 5.60. The van der Waals surface area contributed by atoms with Crippen LogP contribution in [0.2, 0.25) is 18.1 Å². The highest BCUT2D eigenvalue weighted by Crippen LogP contribution is 2.36. The molecule has 3 heteroatoms. The van der Waals surface area contributed by atoms with Crippen LogP contribution in [0.15, 0.2) is 34.8 Å². The van der Waals surface area contributed by atoms with Gasteiger partial charge in [0.25, 0.3) is 0 Å². The first-order valence-electron chi connectivity index (χ1n) is 6.70. The Balaban J connectivity index is 2.65. The Morgan fingerprint density at radius 1 is 1.21 bits per heavy atom. The molecule has 0 radical (unpaired) electrons. The summed E-state index contributed by atoms with van der Waals surface area (Å²) in [5.41, 5.74) is 2.52. The molecule has 0 aliphatic rings. The summed E-state index contributed by atoms with van der Waals surface area (Å²) < 4.78 is 7.28. The second-order valence-electron chi connectivity index (χ2n) is 6.47. The van der Waals surface area contributed by atoms with Crippen LogP contribution in [0, 0.1) is 0 Å². The lowest BCUT2D eigenvalue weighted by atomic mass is 10.1. The van der Waals surface area contributed by atoms with E-state index in [1.807, 2.05) is 0 Å². The first kappa shape index (κ1) is 16.7. The molecule has 1 aromatic carbocycles. The van der Waals surface area contributed by atoms with Crippen molar-refractivity contribution in [1.29, 1.82) is 0 Å². The van der Waals surface area contributed by atoms with Crippen molar-refractivity contribution in [3.8, 4) is 0 Å². The first-order chi connectivity index (χ1) is 8.63. The highest BCUT2D eigenvalue weighted by Gasteiger charge is 2.36. The minimum atomic E-state index is -1.63. The Morgan fingerprint density at radius 3 is 2.21 bits per heavy atom. The molecule has 0 N–H and O–H groups in total. The summed E-state index contributed by atoms with van der Waals surface area (Å²) in [7, 11) is -1.63. The second-order valence-corrected chi connectivity index (χ2v) is 12.2. The first-order valence-corrected chi connectivity index (χ1v) is 10.4. The van der Waals surface area contributed by atoms with Gasteiger partial charge in [0.1, 0.15) is 0 Å². The van der Waals surface area contributed by atoms with Crippen LogP contribution in [-0.4, -0.2) is 14.9 Å². The molecule has 0 bridgehead atoms. The standard InChI is InChI=1S/C16H25BrOSi/c1-13(14-7-9-15(17)10-8-14)11-12-18-19(5,6)16(2,3)4/h7-11H,12H2,1-6H3/b13-11+. The lowest BCUT2D eigenvalue weighted by molar-refractivity contribution is 0.328. The van der Waals surface area contributed by atoms with E-state index in [9.17, 15) is 0 Å². The van der Waals surface area contributed by atoms with Crippen molar-refractivity contribution in [2.75, 3.05) is 6.61 Å². The minimum absolute atomic E-state index is 0.270. The van der Waals surface area contributed by atoms with Crippen molar-refractivity contribution in [2.45, 2.75) is 45.8 Å². The second kappa shape index (κ2) is 6.38. The molecule has 0 aliphatic carbocycles. The summed E-state index contributed by atoms with van der Waals surface area (Å²) >= 11 is 3.46.